The van der Waals surface area contributed by atoms with Crippen molar-refractivity contribution in [2.24, 2.45) is 10.9 Å². The third-order valence-corrected chi connectivity index (χ3v) is 2.37. The van der Waals surface area contributed by atoms with Gasteiger partial charge in [-0.15, -0.1) is 0 Å². The molecule has 0 bridgehead atoms. The summed E-state index contributed by atoms with van der Waals surface area (Å²) in [5.74, 6) is 5.84. The van der Waals surface area contributed by atoms with Crippen LogP contribution in [-0.2, 0) is 0 Å². The van der Waals surface area contributed by atoms with E-state index in [-0.39, 0.29) is 0 Å². The summed E-state index contributed by atoms with van der Waals surface area (Å²) < 4.78 is 0. The minimum Gasteiger partial charge on any atom is -0.323 e. The smallest absolute Gasteiger partial charge is 0.159 e. The van der Waals surface area contributed by atoms with Crippen LogP contribution in [0, 0.1) is 13.8 Å². The van der Waals surface area contributed by atoms with Gasteiger partial charge in [-0.2, -0.15) is 5.10 Å². The van der Waals surface area contributed by atoms with Gasteiger partial charge in [-0.1, -0.05) is 24.3 Å². The molecule has 4 nitrogen and oxygen atoms in total. The molecule has 0 saturated heterocycles. The Bertz CT molecular complexity index is 524. The largest absolute Gasteiger partial charge is 0.323 e. The fraction of sp³-hybridized carbons (Fsp3) is 0.154. The lowest BCUT2D eigenvalue weighted by Crippen LogP contribution is -1.94. The Kier molecular flexibility index (Phi) is 3.14. The van der Waals surface area contributed by atoms with Gasteiger partial charge in [0.05, 0.1) is 6.21 Å². The Hall–Kier alpha value is -2.23. The molecule has 0 atom stereocenters. The molecule has 1 heterocycles. The topological polar surface area (TPSA) is 64.2 Å². The molecule has 0 aliphatic rings. The van der Waals surface area contributed by atoms with E-state index in [0.717, 1.165) is 28.3 Å². The van der Waals surface area contributed by atoms with Crippen LogP contribution in [0.5, 0.6) is 0 Å². The highest BCUT2D eigenvalue weighted by atomic mass is 15.1. The molecule has 2 N–H and O–H groups in total. The van der Waals surface area contributed by atoms with E-state index in [2.05, 4.69) is 15.1 Å². The Morgan fingerprint density at radius 2 is 1.65 bits per heavy atom. The minimum absolute atomic E-state index is 0.749. The number of aryl methyl sites for hydroxylation is 2. The van der Waals surface area contributed by atoms with Crippen molar-refractivity contribution in [2.75, 3.05) is 0 Å². The lowest BCUT2D eigenvalue weighted by molar-refractivity contribution is 1.06. The molecular weight excluding hydrogens is 212 g/mol. The predicted molar refractivity (Wildman–Crippen MR) is 68.7 cm³/mol. The maximum absolute atomic E-state index is 5.09. The van der Waals surface area contributed by atoms with E-state index in [1.165, 1.54) is 0 Å². The van der Waals surface area contributed by atoms with E-state index in [4.69, 9.17) is 5.84 Å². The first-order valence-corrected chi connectivity index (χ1v) is 5.35. The van der Waals surface area contributed by atoms with Gasteiger partial charge in [0.1, 0.15) is 0 Å². The zero-order valence-electron chi connectivity index (χ0n) is 9.88. The molecule has 86 valence electrons. The quantitative estimate of drug-likeness (QED) is 0.484. The molecule has 0 spiro atoms. The van der Waals surface area contributed by atoms with Gasteiger partial charge >= 0.3 is 0 Å². The molecule has 0 unspecified atom stereocenters. The first-order chi connectivity index (χ1) is 8.19. The number of aromatic nitrogens is 2. The van der Waals surface area contributed by atoms with Gasteiger partial charge in [0.2, 0.25) is 0 Å². The first-order valence-electron chi connectivity index (χ1n) is 5.35. The molecular formula is C13H14N4. The zero-order valence-corrected chi connectivity index (χ0v) is 9.88. The highest BCUT2D eigenvalue weighted by molar-refractivity contribution is 5.80. The molecule has 1 aromatic heterocycles. The molecule has 0 fully saturated rings. The van der Waals surface area contributed by atoms with Gasteiger partial charge in [0.15, 0.2) is 5.82 Å². The maximum atomic E-state index is 5.09. The van der Waals surface area contributed by atoms with Crippen molar-refractivity contribution < 1.29 is 0 Å². The van der Waals surface area contributed by atoms with E-state index in [1.54, 1.807) is 6.21 Å². The average molecular weight is 226 g/mol. The van der Waals surface area contributed by atoms with Crippen LogP contribution in [-0.4, -0.2) is 16.2 Å². The molecule has 0 aliphatic heterocycles. The number of nitrogens with two attached hydrogens (primary N) is 1. The van der Waals surface area contributed by atoms with E-state index in [9.17, 15) is 0 Å². The molecule has 0 saturated carbocycles. The Balaban J connectivity index is 2.39. The molecule has 1 aromatic carbocycles. The van der Waals surface area contributed by atoms with Crippen LogP contribution in [0.25, 0.3) is 11.4 Å². The number of hydrogen-bond acceptors (Lipinski definition) is 4. The van der Waals surface area contributed by atoms with Crippen LogP contribution in [0.2, 0.25) is 0 Å². The van der Waals surface area contributed by atoms with Crippen LogP contribution < -0.4 is 5.84 Å². The lowest BCUT2D eigenvalue weighted by Gasteiger charge is -2.03. The summed E-state index contributed by atoms with van der Waals surface area (Å²) >= 11 is 0. The van der Waals surface area contributed by atoms with Crippen molar-refractivity contribution in [3.05, 3.63) is 47.3 Å². The molecule has 4 heteroatoms. The highest BCUT2D eigenvalue weighted by Crippen LogP contribution is 2.16. The van der Waals surface area contributed by atoms with Gasteiger partial charge in [0.25, 0.3) is 0 Å². The molecule has 17 heavy (non-hydrogen) atoms. The molecule has 0 amide bonds. The summed E-state index contributed by atoms with van der Waals surface area (Å²) in [6.45, 7) is 3.93. The average Bonchev–Trinajstić information content (AvgIpc) is 2.29. The Morgan fingerprint density at radius 1 is 1.06 bits per heavy atom. The number of hydrogen-bond donors (Lipinski definition) is 1. The number of benzene rings is 1. The van der Waals surface area contributed by atoms with Crippen LogP contribution in [0.3, 0.4) is 0 Å². The van der Waals surface area contributed by atoms with E-state index in [0.29, 0.717) is 0 Å². The van der Waals surface area contributed by atoms with E-state index < -0.39 is 0 Å². The second-order valence-electron chi connectivity index (χ2n) is 3.87. The normalized spacial score (nSPS) is 10.9. The zero-order chi connectivity index (χ0) is 12.3. The van der Waals surface area contributed by atoms with Crippen molar-refractivity contribution in [1.82, 2.24) is 9.97 Å². The number of rotatable bonds is 2. The fourth-order valence-electron chi connectivity index (χ4n) is 1.66. The summed E-state index contributed by atoms with van der Waals surface area (Å²) in [5, 5.41) is 3.48. The van der Waals surface area contributed by atoms with Gasteiger partial charge in [-0.3, -0.25) is 0 Å². The van der Waals surface area contributed by atoms with Crippen LogP contribution in [0.4, 0.5) is 0 Å². The monoisotopic (exact) mass is 226 g/mol. The lowest BCUT2D eigenvalue weighted by atomic mass is 10.1. The van der Waals surface area contributed by atoms with Crippen LogP contribution in [0.15, 0.2) is 35.4 Å². The fourth-order valence-corrected chi connectivity index (χ4v) is 1.66. The van der Waals surface area contributed by atoms with Crippen molar-refractivity contribution in [2.45, 2.75) is 13.8 Å². The van der Waals surface area contributed by atoms with E-state index in [1.807, 2.05) is 44.2 Å². The summed E-state index contributed by atoms with van der Waals surface area (Å²) in [6.07, 6.45) is 1.60. The summed E-state index contributed by atoms with van der Waals surface area (Å²) in [7, 11) is 0. The van der Waals surface area contributed by atoms with Gasteiger partial charge in [-0.25, -0.2) is 9.97 Å². The second kappa shape index (κ2) is 4.74. The summed E-state index contributed by atoms with van der Waals surface area (Å²) in [5.41, 5.74) is 3.90. The molecule has 2 aromatic rings. The van der Waals surface area contributed by atoms with Crippen molar-refractivity contribution in [3.63, 3.8) is 0 Å². The summed E-state index contributed by atoms with van der Waals surface area (Å²) in [4.78, 5) is 8.82. The predicted octanol–water partition coefficient (Wildman–Crippen LogP) is 2.05. The third kappa shape index (κ3) is 2.66. The minimum atomic E-state index is 0.749. The summed E-state index contributed by atoms with van der Waals surface area (Å²) in [6, 6.07) is 9.76. The maximum Gasteiger partial charge on any atom is 0.159 e. The van der Waals surface area contributed by atoms with Gasteiger partial charge in [0, 0.05) is 17.0 Å². The highest BCUT2D eigenvalue weighted by Gasteiger charge is 2.02. The Labute approximate surface area is 100 Å². The Morgan fingerprint density at radius 3 is 2.18 bits per heavy atom. The van der Waals surface area contributed by atoms with Gasteiger partial charge in [-0.05, 0) is 25.5 Å². The molecule has 0 radical (unpaired) electrons. The van der Waals surface area contributed by atoms with Crippen molar-refractivity contribution >= 4 is 6.21 Å². The standard InChI is InChI=1S/C13H14N4/c1-9-7-10(2)17-13(16-9)12-5-3-11(4-6-12)8-15-14/h3-8H,14H2,1-2H3. The van der Waals surface area contributed by atoms with Crippen LogP contribution >= 0.6 is 0 Å². The third-order valence-electron chi connectivity index (χ3n) is 2.37. The SMILES string of the molecule is Cc1cc(C)nc(-c2ccc(C=NN)cc2)n1. The second-order valence-corrected chi connectivity index (χ2v) is 3.87. The van der Waals surface area contributed by atoms with E-state index >= 15 is 0 Å². The van der Waals surface area contributed by atoms with Crippen molar-refractivity contribution in [1.29, 1.82) is 0 Å². The van der Waals surface area contributed by atoms with Crippen molar-refractivity contribution in [3.8, 4) is 11.4 Å². The molecule has 2 rings (SSSR count). The molecule has 0 aliphatic carbocycles. The van der Waals surface area contributed by atoms with Crippen LogP contribution in [0.1, 0.15) is 17.0 Å². The first kappa shape index (κ1) is 11.3. The number of nitrogens with zero attached hydrogens (tertiary/aromatic N) is 3. The number of hydrazone groups is 1. The van der Waals surface area contributed by atoms with Gasteiger partial charge < -0.3 is 5.84 Å².